The average molecular weight is 359 g/mol. The summed E-state index contributed by atoms with van der Waals surface area (Å²) >= 11 is 6.05. The van der Waals surface area contributed by atoms with Crippen LogP contribution >= 0.6 is 11.6 Å². The predicted octanol–water partition coefficient (Wildman–Crippen LogP) is 2.82. The van der Waals surface area contributed by atoms with Gasteiger partial charge in [-0.1, -0.05) is 24.6 Å². The Bertz CT molecular complexity index is 685. The zero-order valence-electron chi connectivity index (χ0n) is 13.8. The van der Waals surface area contributed by atoms with Crippen LogP contribution in [0.3, 0.4) is 0 Å². The number of anilines is 1. The highest BCUT2D eigenvalue weighted by atomic mass is 35.5. The summed E-state index contributed by atoms with van der Waals surface area (Å²) in [5, 5.41) is 0.447. The van der Waals surface area contributed by atoms with Crippen molar-refractivity contribution in [3.63, 3.8) is 0 Å². The number of carbonyl (C=O) groups excluding carboxylic acids is 1. The molecule has 0 saturated carbocycles. The summed E-state index contributed by atoms with van der Waals surface area (Å²) in [6.45, 7) is 5.04. The quantitative estimate of drug-likeness (QED) is 0.813. The first-order valence-electron chi connectivity index (χ1n) is 7.80. The van der Waals surface area contributed by atoms with Gasteiger partial charge in [-0.2, -0.15) is 0 Å². The van der Waals surface area contributed by atoms with Crippen LogP contribution in [0.15, 0.2) is 18.2 Å². The van der Waals surface area contributed by atoms with E-state index in [0.717, 1.165) is 24.7 Å². The molecule has 1 amide bonds. The SMILES string of the molecule is CC[C@H](C(=O)N1CCCC1)N(c1cc(Cl)ccc1C)S(C)(=O)=O. The van der Waals surface area contributed by atoms with Crippen LogP contribution < -0.4 is 4.31 Å². The number of rotatable bonds is 5. The van der Waals surface area contributed by atoms with Crippen LogP contribution in [0.1, 0.15) is 31.7 Å². The van der Waals surface area contributed by atoms with Crippen LogP contribution in [0.25, 0.3) is 0 Å². The molecular weight excluding hydrogens is 336 g/mol. The minimum absolute atomic E-state index is 0.130. The van der Waals surface area contributed by atoms with E-state index in [0.29, 0.717) is 30.2 Å². The second-order valence-electron chi connectivity index (χ2n) is 5.95. The third-order valence-electron chi connectivity index (χ3n) is 4.14. The molecule has 1 aliphatic heterocycles. The lowest BCUT2D eigenvalue weighted by molar-refractivity contribution is -0.131. The van der Waals surface area contributed by atoms with Crippen LogP contribution in [-0.2, 0) is 14.8 Å². The molecule has 0 aromatic heterocycles. The van der Waals surface area contributed by atoms with E-state index in [9.17, 15) is 13.2 Å². The molecule has 0 aliphatic carbocycles. The number of sulfonamides is 1. The maximum absolute atomic E-state index is 12.8. The molecule has 23 heavy (non-hydrogen) atoms. The Morgan fingerprint density at radius 2 is 1.96 bits per heavy atom. The Balaban J connectivity index is 2.48. The van der Waals surface area contributed by atoms with Crippen LogP contribution in [0.2, 0.25) is 5.02 Å². The Kier molecular flexibility index (Phi) is 5.57. The van der Waals surface area contributed by atoms with Crippen molar-refractivity contribution >= 4 is 33.2 Å². The molecule has 1 aromatic rings. The molecule has 1 saturated heterocycles. The molecule has 0 spiro atoms. The third kappa shape index (κ3) is 3.98. The van der Waals surface area contributed by atoms with Crippen LogP contribution in [0.5, 0.6) is 0 Å². The smallest absolute Gasteiger partial charge is 0.246 e. The van der Waals surface area contributed by atoms with Crippen molar-refractivity contribution < 1.29 is 13.2 Å². The summed E-state index contributed by atoms with van der Waals surface area (Å²) in [7, 11) is -3.62. The van der Waals surface area contributed by atoms with Crippen molar-refractivity contribution in [1.82, 2.24) is 4.90 Å². The fourth-order valence-corrected chi connectivity index (χ4v) is 4.41. The van der Waals surface area contributed by atoms with Gasteiger partial charge in [-0.05, 0) is 43.9 Å². The molecule has 0 N–H and O–H groups in total. The fourth-order valence-electron chi connectivity index (χ4n) is 2.99. The standard InChI is InChI=1S/C16H23ClN2O3S/c1-4-14(16(20)18-9-5-6-10-18)19(23(3,21)22)15-11-13(17)8-7-12(15)2/h7-8,11,14H,4-6,9-10H2,1-3H3/t14-/m1/s1. The van der Waals surface area contributed by atoms with Crippen molar-refractivity contribution in [3.8, 4) is 0 Å². The van der Waals surface area contributed by atoms with Gasteiger partial charge in [-0.3, -0.25) is 9.10 Å². The zero-order valence-corrected chi connectivity index (χ0v) is 15.3. The normalized spacial score (nSPS) is 16.4. The van der Waals surface area contributed by atoms with Gasteiger partial charge in [-0.25, -0.2) is 8.42 Å². The van der Waals surface area contributed by atoms with Crippen LogP contribution in [0.4, 0.5) is 5.69 Å². The highest BCUT2D eigenvalue weighted by molar-refractivity contribution is 7.92. The summed E-state index contributed by atoms with van der Waals surface area (Å²) in [5.41, 5.74) is 1.24. The van der Waals surface area contributed by atoms with Gasteiger partial charge >= 0.3 is 0 Å². The minimum atomic E-state index is -3.62. The van der Waals surface area contributed by atoms with Crippen molar-refractivity contribution in [3.05, 3.63) is 28.8 Å². The van der Waals surface area contributed by atoms with Crippen molar-refractivity contribution in [1.29, 1.82) is 0 Å². The van der Waals surface area contributed by atoms with E-state index in [1.807, 2.05) is 13.8 Å². The molecule has 5 nitrogen and oxygen atoms in total. The summed E-state index contributed by atoms with van der Waals surface area (Å²) in [4.78, 5) is 14.6. The summed E-state index contributed by atoms with van der Waals surface area (Å²) < 4.78 is 26.1. The molecule has 1 heterocycles. The first kappa shape index (κ1) is 18.1. The molecule has 128 valence electrons. The lowest BCUT2D eigenvalue weighted by Crippen LogP contribution is -2.50. The number of aryl methyl sites for hydroxylation is 1. The average Bonchev–Trinajstić information content (AvgIpc) is 3.00. The van der Waals surface area contributed by atoms with E-state index in [1.165, 1.54) is 4.31 Å². The van der Waals surface area contributed by atoms with Crippen molar-refractivity contribution in [2.45, 2.75) is 39.2 Å². The molecule has 7 heteroatoms. The summed E-state index contributed by atoms with van der Waals surface area (Å²) in [6, 6.07) is 4.35. The topological polar surface area (TPSA) is 57.7 Å². The number of amides is 1. The number of nitrogens with zero attached hydrogens (tertiary/aromatic N) is 2. The van der Waals surface area contributed by atoms with Gasteiger partial charge in [0.05, 0.1) is 11.9 Å². The van der Waals surface area contributed by atoms with Gasteiger partial charge in [0.25, 0.3) is 0 Å². The van der Waals surface area contributed by atoms with Gasteiger partial charge in [0.1, 0.15) is 6.04 Å². The molecule has 1 aliphatic rings. The third-order valence-corrected chi connectivity index (χ3v) is 5.54. The van der Waals surface area contributed by atoms with Gasteiger partial charge < -0.3 is 4.90 Å². The predicted molar refractivity (Wildman–Crippen MR) is 93.4 cm³/mol. The number of halogens is 1. The molecule has 1 atom stereocenters. The first-order valence-corrected chi connectivity index (χ1v) is 10.0. The number of hydrogen-bond donors (Lipinski definition) is 0. The number of likely N-dealkylation sites (tertiary alicyclic amines) is 1. The second-order valence-corrected chi connectivity index (χ2v) is 8.24. The van der Waals surface area contributed by atoms with Gasteiger partial charge in [0.2, 0.25) is 15.9 Å². The molecule has 1 fully saturated rings. The molecular formula is C16H23ClN2O3S. The van der Waals surface area contributed by atoms with E-state index in [-0.39, 0.29) is 5.91 Å². The lowest BCUT2D eigenvalue weighted by Gasteiger charge is -2.33. The maximum atomic E-state index is 12.8. The fraction of sp³-hybridized carbons (Fsp3) is 0.562. The van der Waals surface area contributed by atoms with Gasteiger partial charge in [-0.15, -0.1) is 0 Å². The van der Waals surface area contributed by atoms with Gasteiger partial charge in [0.15, 0.2) is 0 Å². The Morgan fingerprint density at radius 3 is 2.48 bits per heavy atom. The summed E-state index contributed by atoms with van der Waals surface area (Å²) in [6.07, 6.45) is 3.48. The number of benzene rings is 1. The van der Waals surface area contributed by atoms with E-state index in [4.69, 9.17) is 11.6 Å². The van der Waals surface area contributed by atoms with Gasteiger partial charge in [0, 0.05) is 18.1 Å². The molecule has 0 radical (unpaired) electrons. The van der Waals surface area contributed by atoms with E-state index in [1.54, 1.807) is 23.1 Å². The molecule has 0 unspecified atom stereocenters. The molecule has 2 rings (SSSR count). The first-order chi connectivity index (χ1) is 10.8. The highest BCUT2D eigenvalue weighted by Gasteiger charge is 2.35. The largest absolute Gasteiger partial charge is 0.341 e. The highest BCUT2D eigenvalue weighted by Crippen LogP contribution is 2.30. The Labute approximate surface area is 143 Å². The Hall–Kier alpha value is -1.27. The molecule has 1 aromatic carbocycles. The zero-order chi connectivity index (χ0) is 17.2. The molecule has 0 bridgehead atoms. The lowest BCUT2D eigenvalue weighted by atomic mass is 10.1. The van der Waals surface area contributed by atoms with E-state index >= 15 is 0 Å². The maximum Gasteiger partial charge on any atom is 0.246 e. The monoisotopic (exact) mass is 358 g/mol. The number of carbonyl (C=O) groups is 1. The van der Waals surface area contributed by atoms with E-state index < -0.39 is 16.1 Å². The van der Waals surface area contributed by atoms with Crippen LogP contribution in [-0.4, -0.2) is 44.6 Å². The number of hydrogen-bond acceptors (Lipinski definition) is 3. The van der Waals surface area contributed by atoms with E-state index in [2.05, 4.69) is 0 Å². The van der Waals surface area contributed by atoms with Crippen molar-refractivity contribution in [2.75, 3.05) is 23.7 Å². The van der Waals surface area contributed by atoms with Crippen molar-refractivity contribution in [2.24, 2.45) is 0 Å². The van der Waals surface area contributed by atoms with Crippen LogP contribution in [0, 0.1) is 6.92 Å². The minimum Gasteiger partial charge on any atom is -0.341 e. The summed E-state index contributed by atoms with van der Waals surface area (Å²) in [5.74, 6) is -0.130. The second kappa shape index (κ2) is 7.09. The Morgan fingerprint density at radius 1 is 1.35 bits per heavy atom.